The van der Waals surface area contributed by atoms with E-state index in [0.29, 0.717) is 23.8 Å². The molecular weight excluding hydrogens is 396 g/mol. The molecule has 5 heteroatoms. The van der Waals surface area contributed by atoms with Gasteiger partial charge >= 0.3 is 0 Å². The number of carbonyl (C=O) groups is 1. The molecule has 1 amide bonds. The molecule has 5 rings (SSSR count). The molecule has 0 unspecified atom stereocenters. The number of likely N-dealkylation sites (tertiary alicyclic amines) is 2. The molecule has 3 fully saturated rings. The minimum Gasteiger partial charge on any atom is -0.329 e. The number of aromatic amines is 1. The summed E-state index contributed by atoms with van der Waals surface area (Å²) in [7, 11) is 2.31. The lowest BCUT2D eigenvalue weighted by Crippen LogP contribution is -2.58. The standard InChI is InChI=1S/C27H38N4O/c1-26(2,3)22-16-19(28-29-22)25(32)31-21-17-27(4)23(13-9-10-14-24(27)31)30(5)20(21)15-18-11-7-6-8-12-18/h6-8,11-12,16,20-21,23-24H,9-10,13-15,17H2,1-5H3,(H,28,29)/t20-,21+,23-,24+,27-/m1/s1. The zero-order valence-electron chi connectivity index (χ0n) is 20.3. The molecule has 1 aliphatic carbocycles. The first-order chi connectivity index (χ1) is 15.2. The number of likely N-dealkylation sites (N-methyl/N-ethyl adjacent to an activating group) is 1. The van der Waals surface area contributed by atoms with Crippen LogP contribution in [0.5, 0.6) is 0 Å². The van der Waals surface area contributed by atoms with E-state index in [2.05, 4.69) is 85.1 Å². The summed E-state index contributed by atoms with van der Waals surface area (Å²) in [6.07, 6.45) is 6.89. The van der Waals surface area contributed by atoms with Gasteiger partial charge < -0.3 is 4.90 Å². The smallest absolute Gasteiger partial charge is 0.274 e. The van der Waals surface area contributed by atoms with Crippen molar-refractivity contribution in [1.82, 2.24) is 20.0 Å². The number of carbonyl (C=O) groups excluding carboxylic acids is 1. The zero-order valence-corrected chi connectivity index (χ0v) is 20.3. The minimum atomic E-state index is -0.0537. The number of amides is 1. The molecule has 3 heterocycles. The average molecular weight is 435 g/mol. The van der Waals surface area contributed by atoms with Crippen LogP contribution in [0.1, 0.15) is 81.5 Å². The van der Waals surface area contributed by atoms with Crippen LogP contribution in [0.4, 0.5) is 0 Å². The number of hydrogen-bond donors (Lipinski definition) is 1. The Morgan fingerprint density at radius 3 is 2.50 bits per heavy atom. The second-order valence-corrected chi connectivity index (χ2v) is 11.6. The zero-order chi connectivity index (χ0) is 22.7. The molecule has 5 atom stereocenters. The Labute approximate surface area is 192 Å². The van der Waals surface area contributed by atoms with Gasteiger partial charge in [0.05, 0.1) is 0 Å². The molecule has 32 heavy (non-hydrogen) atoms. The monoisotopic (exact) mass is 434 g/mol. The van der Waals surface area contributed by atoms with Crippen molar-refractivity contribution in [3.05, 3.63) is 53.3 Å². The number of benzene rings is 1. The topological polar surface area (TPSA) is 52.2 Å². The maximum atomic E-state index is 14.0. The lowest BCUT2D eigenvalue weighted by molar-refractivity contribution is 0.0155. The molecule has 2 saturated heterocycles. The highest BCUT2D eigenvalue weighted by molar-refractivity contribution is 5.93. The highest BCUT2D eigenvalue weighted by atomic mass is 16.2. The van der Waals surface area contributed by atoms with Crippen LogP contribution in [-0.4, -0.2) is 57.1 Å². The fourth-order valence-electron chi connectivity index (χ4n) is 6.93. The molecule has 1 aromatic carbocycles. The van der Waals surface area contributed by atoms with Crippen LogP contribution in [0.15, 0.2) is 36.4 Å². The average Bonchev–Trinajstić information content (AvgIpc) is 3.30. The summed E-state index contributed by atoms with van der Waals surface area (Å²) in [6, 6.07) is 14.2. The Kier molecular flexibility index (Phi) is 5.23. The molecule has 2 aromatic rings. The van der Waals surface area contributed by atoms with Crippen molar-refractivity contribution in [3.63, 3.8) is 0 Å². The summed E-state index contributed by atoms with van der Waals surface area (Å²) in [5, 5.41) is 7.63. The summed E-state index contributed by atoms with van der Waals surface area (Å²) in [4.78, 5) is 18.9. The lowest BCUT2D eigenvalue weighted by Gasteiger charge is -2.49. The van der Waals surface area contributed by atoms with Crippen LogP contribution in [0.2, 0.25) is 0 Å². The van der Waals surface area contributed by atoms with Crippen molar-refractivity contribution in [2.45, 2.75) is 95.8 Å². The molecule has 0 spiro atoms. The molecule has 1 N–H and O–H groups in total. The SMILES string of the molecule is CN1[C@H](Cc2ccccc2)[C@@H]2C[C@@]3(C)[C@H](CCCC[C@@H]13)N2C(=O)c1cc(C(C)(C)C)[nH]n1. The first-order valence-corrected chi connectivity index (χ1v) is 12.3. The van der Waals surface area contributed by atoms with Gasteiger partial charge in [-0.2, -0.15) is 5.10 Å². The normalized spacial score (nSPS) is 32.7. The molecule has 1 saturated carbocycles. The number of H-pyrrole nitrogens is 1. The number of aromatic nitrogens is 2. The highest BCUT2D eigenvalue weighted by Gasteiger charge is 2.62. The van der Waals surface area contributed by atoms with Gasteiger partial charge in [0.2, 0.25) is 0 Å². The summed E-state index contributed by atoms with van der Waals surface area (Å²) in [5.41, 5.74) is 3.05. The van der Waals surface area contributed by atoms with Crippen molar-refractivity contribution >= 4 is 5.91 Å². The van der Waals surface area contributed by atoms with Gasteiger partial charge in [-0.15, -0.1) is 0 Å². The second-order valence-electron chi connectivity index (χ2n) is 11.6. The number of piperidine rings is 1. The number of nitrogens with one attached hydrogen (secondary N) is 1. The molecule has 2 bridgehead atoms. The molecular formula is C27H38N4O. The Hall–Kier alpha value is -2.14. The van der Waals surface area contributed by atoms with Crippen molar-refractivity contribution in [2.75, 3.05) is 7.05 Å². The van der Waals surface area contributed by atoms with Gasteiger partial charge in [0.15, 0.2) is 0 Å². The van der Waals surface area contributed by atoms with Crippen molar-refractivity contribution in [2.24, 2.45) is 5.41 Å². The number of fused-ring (bicyclic) bond motifs is 1. The van der Waals surface area contributed by atoms with E-state index in [4.69, 9.17) is 0 Å². The van der Waals surface area contributed by atoms with Gasteiger partial charge in [-0.3, -0.25) is 14.8 Å². The van der Waals surface area contributed by atoms with E-state index in [9.17, 15) is 4.79 Å². The maximum absolute atomic E-state index is 14.0. The van der Waals surface area contributed by atoms with Gasteiger partial charge in [0.1, 0.15) is 5.69 Å². The first kappa shape index (κ1) is 21.7. The lowest BCUT2D eigenvalue weighted by atomic mass is 9.69. The Morgan fingerprint density at radius 1 is 1.16 bits per heavy atom. The van der Waals surface area contributed by atoms with E-state index in [1.165, 1.54) is 24.8 Å². The van der Waals surface area contributed by atoms with Gasteiger partial charge in [0, 0.05) is 40.7 Å². The van der Waals surface area contributed by atoms with Crippen LogP contribution in [0.3, 0.4) is 0 Å². The first-order valence-electron chi connectivity index (χ1n) is 12.3. The minimum absolute atomic E-state index is 0.0537. The van der Waals surface area contributed by atoms with E-state index < -0.39 is 0 Å². The third kappa shape index (κ3) is 3.40. The van der Waals surface area contributed by atoms with E-state index >= 15 is 0 Å². The summed E-state index contributed by atoms with van der Waals surface area (Å²) in [5.74, 6) is 0.115. The molecule has 2 aliphatic heterocycles. The molecule has 1 aromatic heterocycles. The predicted molar refractivity (Wildman–Crippen MR) is 128 cm³/mol. The van der Waals surface area contributed by atoms with Gasteiger partial charge in [0.25, 0.3) is 5.91 Å². The summed E-state index contributed by atoms with van der Waals surface area (Å²) >= 11 is 0. The van der Waals surface area contributed by atoms with E-state index in [0.717, 1.165) is 25.0 Å². The Balaban J connectivity index is 1.53. The molecule has 5 nitrogen and oxygen atoms in total. The Morgan fingerprint density at radius 2 is 1.84 bits per heavy atom. The van der Waals surface area contributed by atoms with Crippen LogP contribution in [-0.2, 0) is 11.8 Å². The Bertz CT molecular complexity index is 977. The highest BCUT2D eigenvalue weighted by Crippen LogP contribution is 2.55. The largest absolute Gasteiger partial charge is 0.329 e. The second kappa shape index (κ2) is 7.72. The van der Waals surface area contributed by atoms with Crippen LogP contribution < -0.4 is 0 Å². The third-order valence-electron chi connectivity index (χ3n) is 8.66. The number of nitrogens with zero attached hydrogens (tertiary/aromatic N) is 3. The van der Waals surface area contributed by atoms with E-state index in [1.807, 2.05) is 6.07 Å². The van der Waals surface area contributed by atoms with Crippen LogP contribution in [0, 0.1) is 5.41 Å². The fourth-order valence-corrected chi connectivity index (χ4v) is 6.93. The number of hydrogen-bond acceptors (Lipinski definition) is 3. The maximum Gasteiger partial charge on any atom is 0.274 e. The summed E-state index contributed by atoms with van der Waals surface area (Å²) < 4.78 is 0. The van der Waals surface area contributed by atoms with Gasteiger partial charge in [-0.05, 0) is 44.4 Å². The molecule has 3 aliphatic rings. The van der Waals surface area contributed by atoms with Crippen LogP contribution in [0.25, 0.3) is 0 Å². The summed E-state index contributed by atoms with van der Waals surface area (Å²) in [6.45, 7) is 8.91. The predicted octanol–water partition coefficient (Wildman–Crippen LogP) is 4.80. The van der Waals surface area contributed by atoms with Crippen LogP contribution >= 0.6 is 0 Å². The quantitative estimate of drug-likeness (QED) is 0.755. The number of rotatable bonds is 3. The van der Waals surface area contributed by atoms with E-state index in [1.54, 1.807) is 0 Å². The van der Waals surface area contributed by atoms with E-state index in [-0.39, 0.29) is 22.8 Å². The van der Waals surface area contributed by atoms with Crippen molar-refractivity contribution in [1.29, 1.82) is 0 Å². The molecule has 0 radical (unpaired) electrons. The van der Waals surface area contributed by atoms with Gasteiger partial charge in [-0.25, -0.2) is 0 Å². The third-order valence-corrected chi connectivity index (χ3v) is 8.66. The van der Waals surface area contributed by atoms with Crippen molar-refractivity contribution < 1.29 is 4.79 Å². The fraction of sp³-hybridized carbons (Fsp3) is 0.630. The molecule has 172 valence electrons. The van der Waals surface area contributed by atoms with Gasteiger partial charge in [-0.1, -0.05) is 70.9 Å². The van der Waals surface area contributed by atoms with Crippen molar-refractivity contribution in [3.8, 4) is 0 Å².